The quantitative estimate of drug-likeness (QED) is 0.440. The standard InChI is InChI=1S/C25H22ClN3O2S/c1-16-8-9-19(13-20(16)26)29-22(30)21-12-18-10-11-32-23(18)28(21)15-25(29,2)24(31)27-14-17-6-4-3-5-7-17/h3-13H,14-15H2,1-2H3,(H,27,31). The van der Waals surface area contributed by atoms with Crippen LogP contribution >= 0.6 is 22.9 Å². The van der Waals surface area contributed by atoms with Crippen molar-refractivity contribution in [1.82, 2.24) is 9.88 Å². The van der Waals surface area contributed by atoms with Gasteiger partial charge >= 0.3 is 0 Å². The van der Waals surface area contributed by atoms with Crippen LogP contribution in [-0.2, 0) is 17.9 Å². The summed E-state index contributed by atoms with van der Waals surface area (Å²) in [7, 11) is 0. The number of amides is 2. The van der Waals surface area contributed by atoms with Gasteiger partial charge in [0.25, 0.3) is 5.91 Å². The molecule has 0 spiro atoms. The molecule has 1 unspecified atom stereocenters. The summed E-state index contributed by atoms with van der Waals surface area (Å²) < 4.78 is 1.97. The number of nitrogens with zero attached hydrogens (tertiary/aromatic N) is 2. The van der Waals surface area contributed by atoms with E-state index in [1.54, 1.807) is 22.3 Å². The second-order valence-corrected chi connectivity index (χ2v) is 9.61. The maximum Gasteiger partial charge on any atom is 0.275 e. The highest BCUT2D eigenvalue weighted by atomic mass is 35.5. The number of hydrogen-bond acceptors (Lipinski definition) is 3. The molecule has 0 fully saturated rings. The zero-order chi connectivity index (χ0) is 22.5. The smallest absolute Gasteiger partial charge is 0.275 e. The molecule has 4 aromatic rings. The minimum Gasteiger partial charge on any atom is -0.350 e. The molecule has 2 aromatic heterocycles. The second-order valence-electron chi connectivity index (χ2n) is 8.31. The number of halogens is 1. The highest BCUT2D eigenvalue weighted by Crippen LogP contribution is 2.38. The van der Waals surface area contributed by atoms with Crippen molar-refractivity contribution >= 4 is 50.7 Å². The first kappa shape index (κ1) is 20.8. The van der Waals surface area contributed by atoms with Crippen LogP contribution in [0.15, 0.2) is 66.0 Å². The van der Waals surface area contributed by atoms with E-state index in [1.165, 1.54) is 0 Å². The number of aryl methyl sites for hydroxylation is 1. The minimum absolute atomic E-state index is 0.211. The van der Waals surface area contributed by atoms with Crippen LogP contribution in [0.2, 0.25) is 5.02 Å². The van der Waals surface area contributed by atoms with Crippen molar-refractivity contribution in [3.63, 3.8) is 0 Å². The Balaban J connectivity index is 1.59. The van der Waals surface area contributed by atoms with Crippen LogP contribution < -0.4 is 10.2 Å². The summed E-state index contributed by atoms with van der Waals surface area (Å²) in [4.78, 5) is 30.0. The number of fused-ring (bicyclic) bond motifs is 3. The molecule has 1 N–H and O–H groups in total. The summed E-state index contributed by atoms with van der Waals surface area (Å²) in [6.45, 7) is 4.47. The Hall–Kier alpha value is -3.09. The first-order valence-corrected chi connectivity index (χ1v) is 11.6. The lowest BCUT2D eigenvalue weighted by Crippen LogP contribution is -2.64. The Bertz CT molecular complexity index is 1340. The van der Waals surface area contributed by atoms with Gasteiger partial charge in [0.15, 0.2) is 0 Å². The van der Waals surface area contributed by atoms with Crippen LogP contribution in [0.4, 0.5) is 5.69 Å². The molecule has 0 saturated carbocycles. The number of rotatable bonds is 4. The molecule has 2 amide bonds. The van der Waals surface area contributed by atoms with Crippen LogP contribution in [0.1, 0.15) is 28.5 Å². The van der Waals surface area contributed by atoms with E-state index in [2.05, 4.69) is 5.32 Å². The summed E-state index contributed by atoms with van der Waals surface area (Å²) in [5.41, 5.74) is 1.97. The van der Waals surface area contributed by atoms with E-state index in [4.69, 9.17) is 11.6 Å². The number of hydrogen-bond donors (Lipinski definition) is 1. The van der Waals surface area contributed by atoms with Gasteiger partial charge in [-0.2, -0.15) is 0 Å². The Labute approximate surface area is 195 Å². The van der Waals surface area contributed by atoms with Crippen LogP contribution in [-0.4, -0.2) is 21.9 Å². The largest absolute Gasteiger partial charge is 0.350 e. The van der Waals surface area contributed by atoms with Gasteiger partial charge in [-0.15, -0.1) is 11.3 Å². The monoisotopic (exact) mass is 463 g/mol. The van der Waals surface area contributed by atoms with Gasteiger partial charge in [0.2, 0.25) is 5.91 Å². The predicted molar refractivity (Wildman–Crippen MR) is 130 cm³/mol. The van der Waals surface area contributed by atoms with Gasteiger partial charge in [-0.3, -0.25) is 14.5 Å². The van der Waals surface area contributed by atoms with Crippen LogP contribution in [0.3, 0.4) is 0 Å². The highest BCUT2D eigenvalue weighted by molar-refractivity contribution is 7.16. The molecular weight excluding hydrogens is 442 g/mol. The van der Waals surface area contributed by atoms with Gasteiger partial charge in [-0.05, 0) is 54.6 Å². The first-order valence-electron chi connectivity index (χ1n) is 10.4. The molecule has 1 aliphatic rings. The lowest BCUT2D eigenvalue weighted by atomic mass is 9.93. The van der Waals surface area contributed by atoms with Crippen LogP contribution in [0.25, 0.3) is 10.2 Å². The molecule has 0 saturated heterocycles. The average Bonchev–Trinajstić information content (AvgIpc) is 3.38. The fourth-order valence-electron chi connectivity index (χ4n) is 4.29. The first-order chi connectivity index (χ1) is 15.4. The summed E-state index contributed by atoms with van der Waals surface area (Å²) in [6.07, 6.45) is 0. The molecule has 0 radical (unpaired) electrons. The topological polar surface area (TPSA) is 54.3 Å². The van der Waals surface area contributed by atoms with E-state index < -0.39 is 5.54 Å². The van der Waals surface area contributed by atoms with E-state index in [0.717, 1.165) is 21.3 Å². The van der Waals surface area contributed by atoms with Gasteiger partial charge in [-0.1, -0.05) is 48.0 Å². The molecule has 3 heterocycles. The van der Waals surface area contributed by atoms with E-state index in [0.29, 0.717) is 29.5 Å². The van der Waals surface area contributed by atoms with Gasteiger partial charge in [0, 0.05) is 22.6 Å². The van der Waals surface area contributed by atoms with Crippen LogP contribution in [0, 0.1) is 6.92 Å². The lowest BCUT2D eigenvalue weighted by molar-refractivity contribution is -0.126. The van der Waals surface area contributed by atoms with Gasteiger partial charge in [-0.25, -0.2) is 0 Å². The molecule has 2 aromatic carbocycles. The number of aromatic nitrogens is 1. The van der Waals surface area contributed by atoms with E-state index in [1.807, 2.05) is 78.4 Å². The molecule has 162 valence electrons. The molecule has 5 nitrogen and oxygen atoms in total. The number of carbonyl (C=O) groups is 2. The number of thiophene rings is 1. The number of nitrogens with one attached hydrogen (secondary N) is 1. The molecule has 7 heteroatoms. The Morgan fingerprint density at radius 3 is 2.69 bits per heavy atom. The lowest BCUT2D eigenvalue weighted by Gasteiger charge is -2.44. The fraction of sp³-hybridized carbons (Fsp3) is 0.200. The minimum atomic E-state index is -1.13. The molecule has 1 atom stereocenters. The van der Waals surface area contributed by atoms with Crippen molar-refractivity contribution in [3.8, 4) is 0 Å². The third kappa shape index (κ3) is 3.31. The zero-order valence-corrected chi connectivity index (χ0v) is 19.3. The van der Waals surface area contributed by atoms with E-state index in [-0.39, 0.29) is 11.8 Å². The van der Waals surface area contributed by atoms with Crippen molar-refractivity contribution < 1.29 is 9.59 Å². The summed E-state index contributed by atoms with van der Waals surface area (Å²) in [6, 6.07) is 19.1. The SMILES string of the molecule is Cc1ccc(N2C(=O)c3cc4ccsc4n3CC2(C)C(=O)NCc2ccccc2)cc1Cl. The third-order valence-corrected chi connectivity index (χ3v) is 7.44. The molecular formula is C25H22ClN3O2S. The summed E-state index contributed by atoms with van der Waals surface area (Å²) >= 11 is 7.97. The summed E-state index contributed by atoms with van der Waals surface area (Å²) in [5.74, 6) is -0.424. The zero-order valence-electron chi connectivity index (χ0n) is 17.8. The average molecular weight is 464 g/mol. The molecule has 0 aliphatic carbocycles. The van der Waals surface area contributed by atoms with Gasteiger partial charge in [0.1, 0.15) is 16.1 Å². The molecule has 32 heavy (non-hydrogen) atoms. The normalized spacial score (nSPS) is 18.1. The Morgan fingerprint density at radius 2 is 1.94 bits per heavy atom. The summed E-state index contributed by atoms with van der Waals surface area (Å²) in [5, 5.41) is 6.61. The maximum atomic E-state index is 13.8. The highest BCUT2D eigenvalue weighted by Gasteiger charge is 2.48. The Morgan fingerprint density at radius 1 is 1.16 bits per heavy atom. The predicted octanol–water partition coefficient (Wildman–Crippen LogP) is 5.40. The third-order valence-electron chi connectivity index (χ3n) is 6.08. The molecule has 1 aliphatic heterocycles. The van der Waals surface area contributed by atoms with Crippen molar-refractivity contribution in [2.75, 3.05) is 4.90 Å². The van der Waals surface area contributed by atoms with Crippen LogP contribution in [0.5, 0.6) is 0 Å². The molecule has 0 bridgehead atoms. The van der Waals surface area contributed by atoms with Crippen molar-refractivity contribution in [2.45, 2.75) is 32.5 Å². The van der Waals surface area contributed by atoms with E-state index >= 15 is 0 Å². The molecule has 5 rings (SSSR count). The fourth-order valence-corrected chi connectivity index (χ4v) is 5.36. The number of anilines is 1. The van der Waals surface area contributed by atoms with Gasteiger partial charge < -0.3 is 9.88 Å². The van der Waals surface area contributed by atoms with Crippen molar-refractivity contribution in [2.24, 2.45) is 0 Å². The van der Waals surface area contributed by atoms with Crippen molar-refractivity contribution in [1.29, 1.82) is 0 Å². The number of benzene rings is 2. The second kappa shape index (κ2) is 7.80. The Kier molecular flexibility index (Phi) is 5.07. The maximum absolute atomic E-state index is 13.8. The van der Waals surface area contributed by atoms with Crippen molar-refractivity contribution in [3.05, 3.63) is 87.9 Å². The number of carbonyl (C=O) groups excluding carboxylic acids is 2. The van der Waals surface area contributed by atoms with E-state index in [9.17, 15) is 9.59 Å². The van der Waals surface area contributed by atoms with Gasteiger partial charge in [0.05, 0.1) is 6.54 Å².